The third kappa shape index (κ3) is 8.72. The molecular formula is C17H36O4Si2. The van der Waals surface area contributed by atoms with Crippen molar-refractivity contribution in [3.05, 3.63) is 11.8 Å². The van der Waals surface area contributed by atoms with Crippen LogP contribution in [0.1, 0.15) is 34.1 Å². The van der Waals surface area contributed by atoms with Crippen LogP contribution in [0.4, 0.5) is 0 Å². The summed E-state index contributed by atoms with van der Waals surface area (Å²) in [5, 5.41) is 10.2. The van der Waals surface area contributed by atoms with Crippen molar-refractivity contribution in [1.29, 1.82) is 0 Å². The van der Waals surface area contributed by atoms with Crippen LogP contribution in [-0.4, -0.2) is 40.2 Å². The highest BCUT2D eigenvalue weighted by Gasteiger charge is 2.38. The van der Waals surface area contributed by atoms with E-state index in [9.17, 15) is 9.90 Å². The van der Waals surface area contributed by atoms with Crippen LogP contribution in [0.2, 0.25) is 43.8 Å². The highest BCUT2D eigenvalue weighted by atomic mass is 28.4. The second-order valence-electron chi connectivity index (χ2n) is 8.86. The van der Waals surface area contributed by atoms with Gasteiger partial charge in [-0.25, -0.2) is 4.79 Å². The summed E-state index contributed by atoms with van der Waals surface area (Å²) in [5.74, 6) is -0.554. The Morgan fingerprint density at radius 2 is 1.70 bits per heavy atom. The first-order chi connectivity index (χ1) is 10.2. The zero-order valence-corrected chi connectivity index (χ0v) is 18.4. The summed E-state index contributed by atoms with van der Waals surface area (Å²) in [6.45, 7) is 19.8. The molecule has 0 radical (unpaired) electrons. The Balaban J connectivity index is 5.16. The fourth-order valence-corrected chi connectivity index (χ4v) is 4.23. The zero-order valence-electron chi connectivity index (χ0n) is 16.4. The molecule has 0 aromatic heterocycles. The molecule has 6 heteroatoms. The summed E-state index contributed by atoms with van der Waals surface area (Å²) >= 11 is 0. The number of esters is 1. The molecule has 0 heterocycles. The Kier molecular flexibility index (Phi) is 8.27. The van der Waals surface area contributed by atoms with Gasteiger partial charge in [-0.3, -0.25) is 0 Å². The lowest BCUT2D eigenvalue weighted by Gasteiger charge is -2.35. The summed E-state index contributed by atoms with van der Waals surface area (Å²) in [7, 11) is -3.27. The average Bonchev–Trinajstić information content (AvgIpc) is 2.33. The third-order valence-corrected chi connectivity index (χ3v) is 9.93. The Labute approximate surface area is 144 Å². The lowest BCUT2D eigenvalue weighted by molar-refractivity contribution is -0.152. The summed E-state index contributed by atoms with van der Waals surface area (Å²) in [6, 6.07) is 0.901. The van der Waals surface area contributed by atoms with Crippen LogP contribution < -0.4 is 0 Å². The van der Waals surface area contributed by atoms with E-state index in [1.807, 2.05) is 6.26 Å². The molecule has 23 heavy (non-hydrogen) atoms. The van der Waals surface area contributed by atoms with E-state index in [0.717, 1.165) is 11.6 Å². The van der Waals surface area contributed by atoms with E-state index in [2.05, 4.69) is 53.5 Å². The van der Waals surface area contributed by atoms with Crippen molar-refractivity contribution >= 4 is 22.4 Å². The molecule has 136 valence electrons. The van der Waals surface area contributed by atoms with E-state index in [1.165, 1.54) is 0 Å². The minimum atomic E-state index is -1.90. The van der Waals surface area contributed by atoms with E-state index < -0.39 is 28.5 Å². The molecule has 0 amide bonds. The van der Waals surface area contributed by atoms with E-state index in [1.54, 1.807) is 6.92 Å². The maximum absolute atomic E-state index is 11.7. The molecule has 0 aliphatic rings. The first-order valence-corrected chi connectivity index (χ1v) is 15.0. The Morgan fingerprint density at radius 3 is 2.09 bits per heavy atom. The van der Waals surface area contributed by atoms with Gasteiger partial charge in [0.1, 0.15) is 0 Å². The molecular weight excluding hydrogens is 324 g/mol. The SMILES string of the molecule is CCOC(=O)[C@H](O)C/C(=C/O[Si](C)(C)C(C)(C)C)C[Si](C)(C)C. The third-order valence-electron chi connectivity index (χ3n) is 4.10. The molecule has 0 bridgehead atoms. The molecule has 0 saturated carbocycles. The van der Waals surface area contributed by atoms with Crippen LogP contribution in [0.5, 0.6) is 0 Å². The maximum Gasteiger partial charge on any atom is 0.335 e. The average molecular weight is 361 g/mol. The topological polar surface area (TPSA) is 55.8 Å². The molecule has 1 N–H and O–H groups in total. The Hall–Kier alpha value is -0.596. The molecule has 0 rings (SSSR count). The molecule has 0 fully saturated rings. The van der Waals surface area contributed by atoms with Gasteiger partial charge in [0.25, 0.3) is 0 Å². The number of aliphatic hydroxyl groups is 1. The molecule has 4 nitrogen and oxygen atoms in total. The highest BCUT2D eigenvalue weighted by molar-refractivity contribution is 6.76. The molecule has 0 aromatic carbocycles. The van der Waals surface area contributed by atoms with Crippen molar-refractivity contribution < 1.29 is 19.1 Å². The van der Waals surface area contributed by atoms with Gasteiger partial charge in [-0.2, -0.15) is 0 Å². The highest BCUT2D eigenvalue weighted by Crippen LogP contribution is 2.37. The van der Waals surface area contributed by atoms with Gasteiger partial charge in [0.05, 0.1) is 12.9 Å². The summed E-state index contributed by atoms with van der Waals surface area (Å²) in [6.07, 6.45) is 0.996. The summed E-state index contributed by atoms with van der Waals surface area (Å²) < 4.78 is 11.1. The van der Waals surface area contributed by atoms with Crippen molar-refractivity contribution in [2.45, 2.75) is 84.0 Å². The normalized spacial score (nSPS) is 15.3. The second kappa shape index (κ2) is 8.49. The van der Waals surface area contributed by atoms with Crippen molar-refractivity contribution in [2.75, 3.05) is 6.61 Å². The predicted molar refractivity (Wildman–Crippen MR) is 102 cm³/mol. The van der Waals surface area contributed by atoms with Crippen molar-refractivity contribution in [1.82, 2.24) is 0 Å². The number of carbonyl (C=O) groups excluding carboxylic acids is 1. The van der Waals surface area contributed by atoms with Crippen LogP contribution in [0, 0.1) is 0 Å². The van der Waals surface area contributed by atoms with E-state index in [-0.39, 0.29) is 18.1 Å². The smallest absolute Gasteiger partial charge is 0.335 e. The molecule has 0 aliphatic carbocycles. The summed E-state index contributed by atoms with van der Waals surface area (Å²) in [5.41, 5.74) is 1.01. The number of aliphatic hydroxyl groups excluding tert-OH is 1. The molecule has 0 aromatic rings. The van der Waals surface area contributed by atoms with Gasteiger partial charge in [-0.1, -0.05) is 40.4 Å². The predicted octanol–water partition coefficient (Wildman–Crippen LogP) is 4.54. The number of hydrogen-bond donors (Lipinski definition) is 1. The van der Waals surface area contributed by atoms with Gasteiger partial charge >= 0.3 is 5.97 Å². The van der Waals surface area contributed by atoms with E-state index in [4.69, 9.17) is 9.16 Å². The Morgan fingerprint density at radius 1 is 1.17 bits per heavy atom. The van der Waals surface area contributed by atoms with Gasteiger partial charge in [0.2, 0.25) is 8.32 Å². The molecule has 0 aliphatic heterocycles. The zero-order chi connectivity index (χ0) is 18.5. The van der Waals surface area contributed by atoms with Crippen molar-refractivity contribution in [2.24, 2.45) is 0 Å². The van der Waals surface area contributed by atoms with Crippen molar-refractivity contribution in [3.63, 3.8) is 0 Å². The standard InChI is InChI=1S/C17H36O4Si2/c1-10-20-16(19)15(18)11-14(13-22(5,6)7)12-21-23(8,9)17(2,3)4/h12,15,18H,10-11,13H2,1-9H3/b14-12-/t15-/m1/s1. The first kappa shape index (κ1) is 22.4. The monoisotopic (exact) mass is 360 g/mol. The molecule has 0 unspecified atom stereocenters. The quantitative estimate of drug-likeness (QED) is 0.392. The van der Waals surface area contributed by atoms with Crippen LogP contribution in [0.15, 0.2) is 11.8 Å². The molecule has 1 atom stereocenters. The van der Waals surface area contributed by atoms with Gasteiger partial charge in [-0.15, -0.1) is 0 Å². The van der Waals surface area contributed by atoms with E-state index in [0.29, 0.717) is 0 Å². The van der Waals surface area contributed by atoms with Crippen LogP contribution in [-0.2, 0) is 14.0 Å². The fraction of sp³-hybridized carbons (Fsp3) is 0.824. The van der Waals surface area contributed by atoms with Crippen LogP contribution in [0.25, 0.3) is 0 Å². The van der Waals surface area contributed by atoms with Crippen LogP contribution in [0.3, 0.4) is 0 Å². The number of rotatable bonds is 8. The first-order valence-electron chi connectivity index (χ1n) is 8.40. The maximum atomic E-state index is 11.7. The minimum absolute atomic E-state index is 0.119. The fourth-order valence-electron chi connectivity index (χ4n) is 1.82. The number of ether oxygens (including phenoxy) is 1. The molecule has 0 saturated heterocycles. The number of carbonyl (C=O) groups is 1. The molecule has 0 spiro atoms. The minimum Gasteiger partial charge on any atom is -0.549 e. The lowest BCUT2D eigenvalue weighted by Crippen LogP contribution is -2.39. The largest absolute Gasteiger partial charge is 0.549 e. The van der Waals surface area contributed by atoms with Crippen LogP contribution >= 0.6 is 0 Å². The van der Waals surface area contributed by atoms with Gasteiger partial charge in [0, 0.05) is 14.5 Å². The van der Waals surface area contributed by atoms with E-state index >= 15 is 0 Å². The lowest BCUT2D eigenvalue weighted by atomic mass is 10.1. The van der Waals surface area contributed by atoms with Gasteiger partial charge in [-0.05, 0) is 36.7 Å². The summed E-state index contributed by atoms with van der Waals surface area (Å²) in [4.78, 5) is 11.7. The second-order valence-corrected chi connectivity index (χ2v) is 19.1. The van der Waals surface area contributed by atoms with Crippen molar-refractivity contribution in [3.8, 4) is 0 Å². The number of hydrogen-bond acceptors (Lipinski definition) is 4. The van der Waals surface area contributed by atoms with Gasteiger partial charge < -0.3 is 14.3 Å². The van der Waals surface area contributed by atoms with Gasteiger partial charge in [0.15, 0.2) is 6.10 Å². The Bertz CT molecular complexity index is 417.